The third-order valence-corrected chi connectivity index (χ3v) is 4.66. The minimum absolute atomic E-state index is 0.0156. The molecule has 0 bridgehead atoms. The second kappa shape index (κ2) is 7.21. The molecule has 0 spiro atoms. The van der Waals surface area contributed by atoms with Crippen molar-refractivity contribution >= 4 is 28.3 Å². The topological polar surface area (TPSA) is 58.0 Å². The lowest BCUT2D eigenvalue weighted by Crippen LogP contribution is -2.14. The van der Waals surface area contributed by atoms with Crippen molar-refractivity contribution in [2.75, 3.05) is 5.32 Å². The van der Waals surface area contributed by atoms with Gasteiger partial charge in [-0.3, -0.25) is 4.98 Å². The zero-order valence-corrected chi connectivity index (χ0v) is 14.9. The number of rotatable bonds is 4. The van der Waals surface area contributed by atoms with Gasteiger partial charge in [0.25, 0.3) is 0 Å². The lowest BCUT2D eigenvalue weighted by Gasteiger charge is -2.23. The van der Waals surface area contributed by atoms with Crippen LogP contribution in [0.15, 0.2) is 73.1 Å². The van der Waals surface area contributed by atoms with E-state index in [0.717, 1.165) is 5.39 Å². The molecule has 0 saturated carbocycles. The lowest BCUT2D eigenvalue weighted by molar-refractivity contribution is 0.471. The van der Waals surface area contributed by atoms with Gasteiger partial charge in [-0.05, 0) is 36.4 Å². The number of fused-ring (bicyclic) bond motifs is 1. The molecule has 2 heterocycles. The Morgan fingerprint density at radius 2 is 1.78 bits per heavy atom. The van der Waals surface area contributed by atoms with Gasteiger partial charge in [0.2, 0.25) is 0 Å². The van der Waals surface area contributed by atoms with E-state index in [1.54, 1.807) is 36.7 Å². The first kappa shape index (κ1) is 17.2. The number of phenolic OH excluding ortho intramolecular Hbond substituents is 1. The minimum Gasteiger partial charge on any atom is -0.505 e. The molecular weight excluding hydrogens is 365 g/mol. The average Bonchev–Trinajstić information content (AvgIpc) is 2.70. The van der Waals surface area contributed by atoms with E-state index in [1.165, 1.54) is 18.2 Å². The average molecular weight is 380 g/mol. The van der Waals surface area contributed by atoms with Crippen LogP contribution >= 0.6 is 11.6 Å². The Morgan fingerprint density at radius 3 is 2.59 bits per heavy atom. The van der Waals surface area contributed by atoms with Gasteiger partial charge >= 0.3 is 0 Å². The first-order chi connectivity index (χ1) is 13.1. The standard InChI is InChI=1S/C21H15ClFN3O/c22-17-9-7-14(23)12-16(17)20(26-18-5-1-2-10-24-18)15-8-6-13-4-3-11-25-19(13)21(15)27/h1-12,20,27H,(H,24,26). The quantitative estimate of drug-likeness (QED) is 0.503. The van der Waals surface area contributed by atoms with Gasteiger partial charge in [-0.25, -0.2) is 9.37 Å². The van der Waals surface area contributed by atoms with Crippen molar-refractivity contribution in [3.8, 4) is 5.75 Å². The van der Waals surface area contributed by atoms with E-state index in [9.17, 15) is 9.50 Å². The molecule has 4 rings (SSSR count). The van der Waals surface area contributed by atoms with Crippen molar-refractivity contribution in [3.05, 3.63) is 95.0 Å². The number of benzene rings is 2. The van der Waals surface area contributed by atoms with Gasteiger partial charge in [-0.2, -0.15) is 0 Å². The largest absolute Gasteiger partial charge is 0.505 e. The second-order valence-corrected chi connectivity index (χ2v) is 6.44. The summed E-state index contributed by atoms with van der Waals surface area (Å²) < 4.78 is 13.9. The Kier molecular flexibility index (Phi) is 4.60. The molecule has 0 aliphatic rings. The van der Waals surface area contributed by atoms with E-state index >= 15 is 0 Å². The normalized spacial score (nSPS) is 12.1. The number of hydrogen-bond acceptors (Lipinski definition) is 4. The third kappa shape index (κ3) is 3.41. The predicted molar refractivity (Wildman–Crippen MR) is 105 cm³/mol. The van der Waals surface area contributed by atoms with E-state index < -0.39 is 11.9 Å². The number of nitrogens with zero attached hydrogens (tertiary/aromatic N) is 2. The maximum atomic E-state index is 13.9. The van der Waals surface area contributed by atoms with Crippen LogP contribution in [0.2, 0.25) is 5.02 Å². The van der Waals surface area contributed by atoms with Crippen LogP contribution in [0.25, 0.3) is 10.9 Å². The Bertz CT molecular complexity index is 1110. The van der Waals surface area contributed by atoms with Crippen LogP contribution in [0.4, 0.5) is 10.2 Å². The van der Waals surface area contributed by atoms with Gasteiger partial charge in [0.05, 0.1) is 6.04 Å². The fourth-order valence-electron chi connectivity index (χ4n) is 3.03. The van der Waals surface area contributed by atoms with E-state index in [-0.39, 0.29) is 5.75 Å². The number of aromatic hydroxyl groups is 1. The summed E-state index contributed by atoms with van der Waals surface area (Å²) in [4.78, 5) is 8.53. The van der Waals surface area contributed by atoms with Crippen LogP contribution in [0.3, 0.4) is 0 Å². The second-order valence-electron chi connectivity index (χ2n) is 6.04. The van der Waals surface area contributed by atoms with Crippen molar-refractivity contribution in [2.45, 2.75) is 6.04 Å². The van der Waals surface area contributed by atoms with Gasteiger partial charge in [-0.15, -0.1) is 0 Å². The number of nitrogens with one attached hydrogen (secondary N) is 1. The number of hydrogen-bond donors (Lipinski definition) is 2. The lowest BCUT2D eigenvalue weighted by atomic mass is 9.96. The SMILES string of the molecule is Oc1c(C(Nc2ccccn2)c2cc(F)ccc2Cl)ccc2cccnc12. The van der Waals surface area contributed by atoms with Crippen LogP contribution < -0.4 is 5.32 Å². The summed E-state index contributed by atoms with van der Waals surface area (Å²) in [6.45, 7) is 0. The molecule has 134 valence electrons. The molecule has 4 nitrogen and oxygen atoms in total. The van der Waals surface area contributed by atoms with Crippen molar-refractivity contribution in [2.24, 2.45) is 0 Å². The Morgan fingerprint density at radius 1 is 0.926 bits per heavy atom. The summed E-state index contributed by atoms with van der Waals surface area (Å²) in [5.41, 5.74) is 1.49. The number of phenols is 1. The van der Waals surface area contributed by atoms with Gasteiger partial charge < -0.3 is 10.4 Å². The molecule has 2 aromatic carbocycles. The van der Waals surface area contributed by atoms with Crippen molar-refractivity contribution < 1.29 is 9.50 Å². The zero-order valence-electron chi connectivity index (χ0n) is 14.1. The molecule has 27 heavy (non-hydrogen) atoms. The predicted octanol–water partition coefficient (Wildman–Crippen LogP) is 5.33. The van der Waals surface area contributed by atoms with Crippen molar-refractivity contribution in [1.82, 2.24) is 9.97 Å². The van der Waals surface area contributed by atoms with Crippen LogP contribution in [0.1, 0.15) is 17.2 Å². The number of pyridine rings is 2. The molecule has 1 atom stereocenters. The summed E-state index contributed by atoms with van der Waals surface area (Å²) >= 11 is 6.35. The summed E-state index contributed by atoms with van der Waals surface area (Å²) in [7, 11) is 0. The van der Waals surface area contributed by atoms with Gasteiger partial charge in [0, 0.05) is 33.9 Å². The molecule has 4 aromatic rings. The molecule has 0 radical (unpaired) electrons. The molecule has 0 aliphatic heterocycles. The molecule has 0 fully saturated rings. The van der Waals surface area contributed by atoms with Crippen LogP contribution in [0.5, 0.6) is 5.75 Å². The van der Waals surface area contributed by atoms with E-state index in [4.69, 9.17) is 11.6 Å². The van der Waals surface area contributed by atoms with Crippen LogP contribution in [-0.2, 0) is 0 Å². The fraction of sp³-hybridized carbons (Fsp3) is 0.0476. The van der Waals surface area contributed by atoms with Gasteiger partial charge in [-0.1, -0.05) is 35.9 Å². The highest BCUT2D eigenvalue weighted by molar-refractivity contribution is 6.31. The minimum atomic E-state index is -0.616. The van der Waals surface area contributed by atoms with E-state index in [1.807, 2.05) is 18.2 Å². The molecule has 1 unspecified atom stereocenters. The van der Waals surface area contributed by atoms with E-state index in [0.29, 0.717) is 27.5 Å². The maximum Gasteiger partial charge on any atom is 0.147 e. The summed E-state index contributed by atoms with van der Waals surface area (Å²) in [6, 6.07) is 16.3. The third-order valence-electron chi connectivity index (χ3n) is 4.32. The summed E-state index contributed by atoms with van der Waals surface area (Å²) in [5.74, 6) is 0.172. The first-order valence-corrected chi connectivity index (χ1v) is 8.70. The number of anilines is 1. The van der Waals surface area contributed by atoms with Crippen molar-refractivity contribution in [1.29, 1.82) is 0 Å². The summed E-state index contributed by atoms with van der Waals surface area (Å²) in [5, 5.41) is 15.3. The molecule has 2 N–H and O–H groups in total. The zero-order chi connectivity index (χ0) is 18.8. The molecular formula is C21H15ClFN3O. The van der Waals surface area contributed by atoms with Crippen LogP contribution in [-0.4, -0.2) is 15.1 Å². The maximum absolute atomic E-state index is 13.9. The molecule has 2 aromatic heterocycles. The Hall–Kier alpha value is -3.18. The van der Waals surface area contributed by atoms with Gasteiger partial charge in [0.15, 0.2) is 0 Å². The smallest absolute Gasteiger partial charge is 0.147 e. The summed E-state index contributed by atoms with van der Waals surface area (Å²) in [6.07, 6.45) is 3.26. The highest BCUT2D eigenvalue weighted by Crippen LogP contribution is 2.38. The highest BCUT2D eigenvalue weighted by atomic mass is 35.5. The van der Waals surface area contributed by atoms with Crippen LogP contribution in [0, 0.1) is 5.82 Å². The van der Waals surface area contributed by atoms with E-state index in [2.05, 4.69) is 15.3 Å². The van der Waals surface area contributed by atoms with Gasteiger partial charge in [0.1, 0.15) is 22.9 Å². The molecule has 0 aliphatic carbocycles. The Balaban J connectivity index is 1.90. The van der Waals surface area contributed by atoms with Crippen molar-refractivity contribution in [3.63, 3.8) is 0 Å². The molecule has 0 amide bonds. The highest BCUT2D eigenvalue weighted by Gasteiger charge is 2.23. The molecule has 6 heteroatoms. The fourth-order valence-corrected chi connectivity index (χ4v) is 3.26. The number of aromatic nitrogens is 2. The first-order valence-electron chi connectivity index (χ1n) is 8.32. The Labute approximate surface area is 160 Å². The molecule has 0 saturated heterocycles. The number of halogens is 2. The monoisotopic (exact) mass is 379 g/mol.